The Morgan fingerprint density at radius 2 is 1.64 bits per heavy atom. The van der Waals surface area contributed by atoms with Gasteiger partial charge in [-0.25, -0.2) is 0 Å². The van der Waals surface area contributed by atoms with Gasteiger partial charge in [-0.05, 0) is 29.3 Å². The third-order valence-corrected chi connectivity index (χ3v) is 4.22. The van der Waals surface area contributed by atoms with E-state index >= 15 is 0 Å². The first-order valence-corrected chi connectivity index (χ1v) is 7.59. The minimum atomic E-state index is -0.426. The molecule has 0 aromatic heterocycles. The van der Waals surface area contributed by atoms with E-state index in [-0.39, 0.29) is 28.6 Å². The number of fused-ring (bicyclic) bond motifs is 1. The molecule has 0 atom stereocenters. The van der Waals surface area contributed by atoms with Crippen LogP contribution in [0.1, 0.15) is 21.5 Å². The van der Waals surface area contributed by atoms with Gasteiger partial charge in [0.05, 0.1) is 26.9 Å². The van der Waals surface area contributed by atoms with Crippen molar-refractivity contribution in [2.45, 2.75) is 6.42 Å². The predicted octanol–water partition coefficient (Wildman–Crippen LogP) is 2.91. The molecule has 0 spiro atoms. The number of phenols is 2. The fourth-order valence-corrected chi connectivity index (χ4v) is 3.05. The fourth-order valence-electron chi connectivity index (χ4n) is 3.05. The highest BCUT2D eigenvalue weighted by molar-refractivity contribution is 6.17. The number of methoxy groups -OCH3 is 3. The normalized spacial score (nSPS) is 13.5. The molecule has 3 rings (SSSR count). The molecule has 0 aliphatic heterocycles. The van der Waals surface area contributed by atoms with E-state index in [4.69, 9.17) is 14.2 Å². The monoisotopic (exact) mass is 342 g/mol. The lowest BCUT2D eigenvalue weighted by Gasteiger charge is -2.24. The Morgan fingerprint density at radius 1 is 0.960 bits per heavy atom. The van der Waals surface area contributed by atoms with Gasteiger partial charge in [0.25, 0.3) is 0 Å². The molecule has 0 heterocycles. The summed E-state index contributed by atoms with van der Waals surface area (Å²) in [5.74, 6) is 0.0534. The van der Waals surface area contributed by atoms with Crippen molar-refractivity contribution in [3.8, 4) is 23.0 Å². The van der Waals surface area contributed by atoms with Gasteiger partial charge in [-0.3, -0.25) is 4.79 Å². The molecule has 0 bridgehead atoms. The second-order valence-electron chi connectivity index (χ2n) is 5.56. The van der Waals surface area contributed by atoms with Crippen molar-refractivity contribution >= 4 is 11.4 Å². The molecule has 6 heteroatoms. The number of ether oxygens (including phenoxy) is 3. The third-order valence-electron chi connectivity index (χ3n) is 4.22. The molecule has 130 valence electrons. The highest BCUT2D eigenvalue weighted by Crippen LogP contribution is 2.46. The fraction of sp³-hybridized carbons (Fsp3) is 0.211. The summed E-state index contributed by atoms with van der Waals surface area (Å²) in [6.07, 6.45) is 0.364. The first-order chi connectivity index (χ1) is 12.0. The summed E-state index contributed by atoms with van der Waals surface area (Å²) < 4.78 is 15.7. The number of aromatic hydroxyl groups is 2. The summed E-state index contributed by atoms with van der Waals surface area (Å²) in [5, 5.41) is 20.0. The Balaban J connectivity index is 2.20. The van der Waals surface area contributed by atoms with Crippen LogP contribution in [0.25, 0.3) is 5.57 Å². The zero-order valence-electron chi connectivity index (χ0n) is 14.1. The van der Waals surface area contributed by atoms with E-state index in [9.17, 15) is 15.0 Å². The van der Waals surface area contributed by atoms with Gasteiger partial charge < -0.3 is 24.4 Å². The summed E-state index contributed by atoms with van der Waals surface area (Å²) in [4.78, 5) is 12.9. The highest BCUT2D eigenvalue weighted by Gasteiger charge is 2.33. The number of phenolic OH excluding ortho intramolecular Hbond substituents is 2. The molecule has 2 N–H and O–H groups in total. The molecule has 2 aromatic carbocycles. The summed E-state index contributed by atoms with van der Waals surface area (Å²) >= 11 is 0. The summed E-state index contributed by atoms with van der Waals surface area (Å²) in [6, 6.07) is 8.19. The Bertz CT molecular complexity index is 864. The number of rotatable bonds is 4. The van der Waals surface area contributed by atoms with E-state index in [0.717, 1.165) is 5.56 Å². The lowest BCUT2D eigenvalue weighted by molar-refractivity contribution is 0.0948. The van der Waals surface area contributed by atoms with Crippen LogP contribution in [0.15, 0.2) is 36.1 Å². The minimum Gasteiger partial charge on any atom is -0.508 e. The molecule has 6 nitrogen and oxygen atoms in total. The van der Waals surface area contributed by atoms with Gasteiger partial charge in [-0.15, -0.1) is 0 Å². The summed E-state index contributed by atoms with van der Waals surface area (Å²) in [7, 11) is 4.27. The van der Waals surface area contributed by atoms with Crippen molar-refractivity contribution in [2.75, 3.05) is 21.3 Å². The summed E-state index contributed by atoms with van der Waals surface area (Å²) in [5.41, 5.74) is 2.19. The van der Waals surface area contributed by atoms with Gasteiger partial charge in [-0.1, -0.05) is 12.1 Å². The Hall–Kier alpha value is -3.15. The first-order valence-electron chi connectivity index (χ1n) is 7.59. The van der Waals surface area contributed by atoms with Crippen molar-refractivity contribution in [1.82, 2.24) is 0 Å². The van der Waals surface area contributed by atoms with Crippen molar-refractivity contribution in [3.63, 3.8) is 0 Å². The Morgan fingerprint density at radius 3 is 2.20 bits per heavy atom. The lowest BCUT2D eigenvalue weighted by atomic mass is 9.85. The van der Waals surface area contributed by atoms with Crippen molar-refractivity contribution < 1.29 is 29.2 Å². The van der Waals surface area contributed by atoms with Crippen LogP contribution in [0.2, 0.25) is 0 Å². The van der Waals surface area contributed by atoms with E-state index in [2.05, 4.69) is 0 Å². The number of ketones is 1. The molecule has 0 unspecified atom stereocenters. The molecule has 0 saturated carbocycles. The number of Topliss-reactive ketones (excluding diaryl/α,β-unsaturated/α-hetero) is 1. The van der Waals surface area contributed by atoms with Gasteiger partial charge in [0, 0.05) is 12.0 Å². The summed E-state index contributed by atoms with van der Waals surface area (Å²) in [6.45, 7) is 0. The van der Waals surface area contributed by atoms with Crippen LogP contribution in [0.4, 0.5) is 0 Å². The minimum absolute atomic E-state index is 0.109. The Kier molecular flexibility index (Phi) is 4.27. The van der Waals surface area contributed by atoms with E-state index < -0.39 is 5.78 Å². The molecular weight excluding hydrogens is 324 g/mol. The van der Waals surface area contributed by atoms with E-state index in [1.807, 2.05) is 0 Å². The predicted molar refractivity (Wildman–Crippen MR) is 91.3 cm³/mol. The SMILES string of the molecule is COC1=C(c2ccc(O)cc2)Cc2cc(OC)c(OC)c(O)c2C1=O. The highest BCUT2D eigenvalue weighted by atomic mass is 16.5. The van der Waals surface area contributed by atoms with Crippen LogP contribution >= 0.6 is 0 Å². The quantitative estimate of drug-likeness (QED) is 0.889. The number of carbonyl (C=O) groups excluding carboxylic acids is 1. The van der Waals surface area contributed by atoms with Gasteiger partial charge in [0.2, 0.25) is 11.5 Å². The molecule has 0 saturated heterocycles. The van der Waals surface area contributed by atoms with Crippen LogP contribution in [0.5, 0.6) is 23.0 Å². The molecule has 1 aliphatic carbocycles. The number of hydrogen-bond acceptors (Lipinski definition) is 6. The maximum absolute atomic E-state index is 12.9. The molecule has 0 radical (unpaired) electrons. The second-order valence-corrected chi connectivity index (χ2v) is 5.56. The smallest absolute Gasteiger partial charge is 0.232 e. The molecule has 2 aromatic rings. The zero-order chi connectivity index (χ0) is 18.1. The van der Waals surface area contributed by atoms with Gasteiger partial charge in [0.15, 0.2) is 17.3 Å². The average Bonchev–Trinajstić information content (AvgIpc) is 2.61. The second kappa shape index (κ2) is 6.39. The number of carbonyl (C=O) groups is 1. The van der Waals surface area contributed by atoms with Crippen molar-refractivity contribution in [3.05, 3.63) is 52.8 Å². The zero-order valence-corrected chi connectivity index (χ0v) is 14.1. The first kappa shape index (κ1) is 16.7. The largest absolute Gasteiger partial charge is 0.508 e. The lowest BCUT2D eigenvalue weighted by Crippen LogP contribution is -2.18. The van der Waals surface area contributed by atoms with Crippen LogP contribution < -0.4 is 9.47 Å². The van der Waals surface area contributed by atoms with E-state index in [0.29, 0.717) is 23.3 Å². The van der Waals surface area contributed by atoms with E-state index in [1.54, 1.807) is 30.3 Å². The number of hydrogen-bond donors (Lipinski definition) is 2. The van der Waals surface area contributed by atoms with Crippen LogP contribution in [0.3, 0.4) is 0 Å². The number of allylic oxidation sites excluding steroid dienone is 2. The third kappa shape index (κ3) is 2.65. The van der Waals surface area contributed by atoms with Crippen molar-refractivity contribution in [1.29, 1.82) is 0 Å². The number of benzene rings is 2. The van der Waals surface area contributed by atoms with Gasteiger partial charge in [-0.2, -0.15) is 0 Å². The van der Waals surface area contributed by atoms with Crippen LogP contribution in [0, 0.1) is 0 Å². The average molecular weight is 342 g/mol. The van der Waals surface area contributed by atoms with Gasteiger partial charge >= 0.3 is 0 Å². The van der Waals surface area contributed by atoms with Crippen molar-refractivity contribution in [2.24, 2.45) is 0 Å². The standard InChI is InChI=1S/C19H18O6/c1-23-14-9-11-8-13(10-4-6-12(20)7-5-10)18(24-2)16(21)15(11)17(22)19(14)25-3/h4-7,9,20,22H,8H2,1-3H3. The topological polar surface area (TPSA) is 85.2 Å². The maximum Gasteiger partial charge on any atom is 0.232 e. The molecule has 0 fully saturated rings. The molecule has 25 heavy (non-hydrogen) atoms. The molecule has 1 aliphatic rings. The Labute approximate surface area is 144 Å². The van der Waals surface area contributed by atoms with Crippen LogP contribution in [-0.4, -0.2) is 37.3 Å². The maximum atomic E-state index is 12.9. The van der Waals surface area contributed by atoms with Crippen LogP contribution in [-0.2, 0) is 11.2 Å². The van der Waals surface area contributed by atoms with Gasteiger partial charge in [0.1, 0.15) is 5.75 Å². The van der Waals surface area contributed by atoms with E-state index in [1.165, 1.54) is 21.3 Å². The molecule has 0 amide bonds. The molecular formula is C19H18O6.